The predicted octanol–water partition coefficient (Wildman–Crippen LogP) is 5.22. The molecule has 0 saturated heterocycles. The Morgan fingerprint density at radius 3 is 2.79 bits per heavy atom. The Labute approximate surface area is 143 Å². The summed E-state index contributed by atoms with van der Waals surface area (Å²) < 4.78 is 6.95. The van der Waals surface area contributed by atoms with Gasteiger partial charge < -0.3 is 4.42 Å². The van der Waals surface area contributed by atoms with E-state index >= 15 is 0 Å². The van der Waals surface area contributed by atoms with Crippen molar-refractivity contribution >= 4 is 43.5 Å². The summed E-state index contributed by atoms with van der Waals surface area (Å²) in [6.07, 6.45) is 0. The van der Waals surface area contributed by atoms with Crippen molar-refractivity contribution in [3.05, 3.63) is 42.0 Å². The van der Waals surface area contributed by atoms with Gasteiger partial charge in [-0.3, -0.25) is 5.43 Å². The molecule has 0 aliphatic carbocycles. The maximum atomic E-state index is 5.88. The van der Waals surface area contributed by atoms with Crippen molar-refractivity contribution in [2.45, 2.75) is 20.8 Å². The number of hydrogen-bond acceptors (Lipinski definition) is 6. The fourth-order valence-corrected chi connectivity index (χ4v) is 3.27. The van der Waals surface area contributed by atoms with Crippen LogP contribution in [0, 0.1) is 6.92 Å². The second-order valence-corrected chi connectivity index (χ2v) is 6.89. The number of nitrogens with zero attached hydrogens (tertiary/aromatic N) is 3. The summed E-state index contributed by atoms with van der Waals surface area (Å²) in [7, 11) is 0. The third-order valence-corrected chi connectivity index (χ3v) is 4.48. The second-order valence-electron chi connectivity index (χ2n) is 5.86. The lowest BCUT2D eigenvalue weighted by Crippen LogP contribution is -1.91. The largest absolute Gasteiger partial charge is 0.436 e. The molecule has 6 heteroatoms. The van der Waals surface area contributed by atoms with Crippen LogP contribution in [0.2, 0.25) is 0 Å². The first-order valence-corrected chi connectivity index (χ1v) is 8.45. The average Bonchev–Trinajstić information content (AvgIpc) is 3.14. The quantitative estimate of drug-likeness (QED) is 0.411. The molecule has 24 heavy (non-hydrogen) atoms. The van der Waals surface area contributed by atoms with Crippen molar-refractivity contribution in [3.63, 3.8) is 0 Å². The van der Waals surface area contributed by atoms with Gasteiger partial charge >= 0.3 is 0 Å². The topological polar surface area (TPSA) is 63.3 Å². The maximum Gasteiger partial charge on any atom is 0.227 e. The molecule has 4 aromatic rings. The molecule has 0 saturated carbocycles. The molecule has 0 bridgehead atoms. The van der Waals surface area contributed by atoms with E-state index in [-0.39, 0.29) is 0 Å². The summed E-state index contributed by atoms with van der Waals surface area (Å²) in [6, 6.07) is 12.0. The number of hydrogen-bond donors (Lipinski definition) is 1. The van der Waals surface area contributed by atoms with Gasteiger partial charge in [-0.25, -0.2) is 9.97 Å². The molecule has 0 radical (unpaired) electrons. The van der Waals surface area contributed by atoms with E-state index in [2.05, 4.69) is 26.6 Å². The number of aromatic nitrogens is 2. The summed E-state index contributed by atoms with van der Waals surface area (Å²) >= 11 is 1.56. The van der Waals surface area contributed by atoms with Gasteiger partial charge in [0.05, 0.1) is 10.2 Å². The first-order chi connectivity index (χ1) is 11.6. The van der Waals surface area contributed by atoms with Gasteiger partial charge in [-0.1, -0.05) is 17.4 Å². The van der Waals surface area contributed by atoms with E-state index in [4.69, 9.17) is 4.42 Å². The smallest absolute Gasteiger partial charge is 0.227 e. The SMILES string of the molecule is CC(C)=NNc1nc2ccc(-c3nc4cc(C)ccc4o3)cc2s1. The fourth-order valence-electron chi connectivity index (χ4n) is 2.43. The summed E-state index contributed by atoms with van der Waals surface area (Å²) in [6.45, 7) is 5.92. The van der Waals surface area contributed by atoms with Crippen molar-refractivity contribution in [2.75, 3.05) is 5.43 Å². The van der Waals surface area contributed by atoms with Crippen LogP contribution in [0.5, 0.6) is 0 Å². The van der Waals surface area contributed by atoms with E-state index in [0.29, 0.717) is 5.89 Å². The number of aryl methyl sites for hydroxylation is 1. The van der Waals surface area contributed by atoms with Crippen molar-refractivity contribution in [1.29, 1.82) is 0 Å². The summed E-state index contributed by atoms with van der Waals surface area (Å²) in [5.74, 6) is 0.628. The molecule has 0 aliphatic heterocycles. The highest BCUT2D eigenvalue weighted by Gasteiger charge is 2.11. The first kappa shape index (κ1) is 14.8. The maximum absolute atomic E-state index is 5.88. The number of hydrazone groups is 1. The minimum Gasteiger partial charge on any atom is -0.436 e. The van der Waals surface area contributed by atoms with Gasteiger partial charge in [-0.2, -0.15) is 5.10 Å². The molecule has 1 N–H and O–H groups in total. The van der Waals surface area contributed by atoms with Crippen LogP contribution in [0.15, 0.2) is 45.9 Å². The van der Waals surface area contributed by atoms with Crippen LogP contribution in [-0.2, 0) is 0 Å². The Hall–Kier alpha value is -2.73. The molecule has 0 spiro atoms. The standard InChI is InChI=1S/C18H16N4OS/c1-10(2)21-22-18-20-13-6-5-12(9-16(13)24-18)17-19-14-8-11(3)4-7-15(14)23-17/h4-9H,1-3H3,(H,20,22). The van der Waals surface area contributed by atoms with Crippen molar-refractivity contribution in [3.8, 4) is 11.5 Å². The van der Waals surface area contributed by atoms with Crippen LogP contribution in [0.25, 0.3) is 32.8 Å². The average molecular weight is 336 g/mol. The zero-order valence-corrected chi connectivity index (χ0v) is 14.4. The van der Waals surface area contributed by atoms with Crippen molar-refractivity contribution in [2.24, 2.45) is 5.10 Å². The predicted molar refractivity (Wildman–Crippen MR) is 99.8 cm³/mol. The van der Waals surface area contributed by atoms with Crippen LogP contribution < -0.4 is 5.43 Å². The van der Waals surface area contributed by atoms with Crippen LogP contribution >= 0.6 is 11.3 Å². The molecule has 0 aliphatic rings. The Kier molecular flexibility index (Phi) is 3.54. The normalized spacial score (nSPS) is 11.1. The van der Waals surface area contributed by atoms with Crippen molar-refractivity contribution in [1.82, 2.24) is 9.97 Å². The van der Waals surface area contributed by atoms with Gasteiger partial charge in [0.15, 0.2) is 5.58 Å². The zero-order chi connectivity index (χ0) is 16.7. The summed E-state index contributed by atoms with van der Waals surface area (Å²) in [4.78, 5) is 9.12. The highest BCUT2D eigenvalue weighted by atomic mass is 32.1. The van der Waals surface area contributed by atoms with Gasteiger partial charge in [0.25, 0.3) is 0 Å². The molecule has 0 unspecified atom stereocenters. The number of fused-ring (bicyclic) bond motifs is 2. The zero-order valence-electron chi connectivity index (χ0n) is 13.6. The highest BCUT2D eigenvalue weighted by Crippen LogP contribution is 2.31. The van der Waals surface area contributed by atoms with E-state index in [9.17, 15) is 0 Å². The van der Waals surface area contributed by atoms with E-state index in [1.807, 2.05) is 51.1 Å². The van der Waals surface area contributed by atoms with Gasteiger partial charge in [0, 0.05) is 11.3 Å². The number of oxazole rings is 1. The Morgan fingerprint density at radius 1 is 1.08 bits per heavy atom. The summed E-state index contributed by atoms with van der Waals surface area (Å²) in [5.41, 5.74) is 8.66. The minimum absolute atomic E-state index is 0.628. The molecule has 2 heterocycles. The lowest BCUT2D eigenvalue weighted by Gasteiger charge is -1.94. The molecule has 5 nitrogen and oxygen atoms in total. The minimum atomic E-state index is 0.628. The van der Waals surface area contributed by atoms with Gasteiger partial charge in [-0.05, 0) is 56.7 Å². The van der Waals surface area contributed by atoms with Crippen molar-refractivity contribution < 1.29 is 4.42 Å². The van der Waals surface area contributed by atoms with Crippen LogP contribution in [0.3, 0.4) is 0 Å². The summed E-state index contributed by atoms with van der Waals surface area (Å²) in [5, 5.41) is 4.97. The van der Waals surface area contributed by atoms with Crippen LogP contribution in [0.1, 0.15) is 19.4 Å². The lowest BCUT2D eigenvalue weighted by molar-refractivity contribution is 0.620. The van der Waals surface area contributed by atoms with Gasteiger partial charge in [-0.15, -0.1) is 0 Å². The number of thiazole rings is 1. The van der Waals surface area contributed by atoms with Gasteiger partial charge in [0.1, 0.15) is 5.52 Å². The number of nitrogens with one attached hydrogen (secondary N) is 1. The Morgan fingerprint density at radius 2 is 1.96 bits per heavy atom. The molecule has 0 fully saturated rings. The third kappa shape index (κ3) is 2.76. The monoisotopic (exact) mass is 336 g/mol. The molecule has 0 atom stereocenters. The second kappa shape index (κ2) is 5.72. The van der Waals surface area contributed by atoms with E-state index in [1.165, 1.54) is 5.56 Å². The van der Waals surface area contributed by atoms with Gasteiger partial charge in [0.2, 0.25) is 11.0 Å². The molecule has 2 aromatic carbocycles. The van der Waals surface area contributed by atoms with Crippen LogP contribution in [-0.4, -0.2) is 15.7 Å². The number of rotatable bonds is 3. The molecular formula is C18H16N4OS. The molecule has 4 rings (SSSR count). The van der Waals surface area contributed by atoms with E-state index < -0.39 is 0 Å². The molecule has 120 valence electrons. The first-order valence-electron chi connectivity index (χ1n) is 7.63. The fraction of sp³-hybridized carbons (Fsp3) is 0.167. The van der Waals surface area contributed by atoms with E-state index in [1.54, 1.807) is 11.3 Å². The van der Waals surface area contributed by atoms with E-state index in [0.717, 1.165) is 37.7 Å². The number of benzene rings is 2. The molecule has 2 aromatic heterocycles. The highest BCUT2D eigenvalue weighted by molar-refractivity contribution is 7.22. The number of anilines is 1. The molecular weight excluding hydrogens is 320 g/mol. The Balaban J connectivity index is 1.74. The van der Waals surface area contributed by atoms with Crippen LogP contribution in [0.4, 0.5) is 5.13 Å². The lowest BCUT2D eigenvalue weighted by atomic mass is 10.2. The molecule has 0 amide bonds. The third-order valence-electron chi connectivity index (χ3n) is 3.55. The Bertz CT molecular complexity index is 1070.